The second kappa shape index (κ2) is 3.51. The van der Waals surface area contributed by atoms with Crippen LogP contribution in [0.3, 0.4) is 0 Å². The fraction of sp³-hybridized carbons (Fsp3) is 1.00. The molecule has 1 saturated carbocycles. The third-order valence-electron chi connectivity index (χ3n) is 2.32. The summed E-state index contributed by atoms with van der Waals surface area (Å²) in [6.07, 6.45) is 2.63. The van der Waals surface area contributed by atoms with Crippen LogP contribution < -0.4 is 0 Å². The monoisotopic (exact) mass is 160 g/mol. The SMILES string of the molecule is CCC1CC1[SiH](OC)OC. The fourth-order valence-electron chi connectivity index (χ4n) is 1.52. The standard InChI is InChI=1S/C7H16O2Si/c1-4-6-5-7(6)10(8-2)9-3/h6-7,10H,4-5H2,1-3H3. The summed E-state index contributed by atoms with van der Waals surface area (Å²) in [4.78, 5) is 0. The van der Waals surface area contributed by atoms with Gasteiger partial charge in [-0.3, -0.25) is 0 Å². The van der Waals surface area contributed by atoms with E-state index in [4.69, 9.17) is 8.85 Å². The molecule has 10 heavy (non-hydrogen) atoms. The summed E-state index contributed by atoms with van der Waals surface area (Å²) >= 11 is 0. The average molecular weight is 160 g/mol. The first kappa shape index (κ1) is 8.24. The van der Waals surface area contributed by atoms with Gasteiger partial charge in [-0.2, -0.15) is 0 Å². The summed E-state index contributed by atoms with van der Waals surface area (Å²) in [5.74, 6) is 0.913. The van der Waals surface area contributed by atoms with Crippen molar-refractivity contribution >= 4 is 9.28 Å². The Hall–Kier alpha value is 0.137. The first-order valence-electron chi connectivity index (χ1n) is 3.89. The van der Waals surface area contributed by atoms with Crippen LogP contribution >= 0.6 is 0 Å². The van der Waals surface area contributed by atoms with Crippen LogP contribution in [-0.2, 0) is 8.85 Å². The molecule has 1 aliphatic carbocycles. The molecule has 0 aromatic heterocycles. The molecule has 0 aromatic carbocycles. The Morgan fingerprint density at radius 3 is 2.30 bits per heavy atom. The molecular weight excluding hydrogens is 144 g/mol. The molecule has 0 radical (unpaired) electrons. The van der Waals surface area contributed by atoms with Crippen molar-refractivity contribution in [2.24, 2.45) is 5.92 Å². The van der Waals surface area contributed by atoms with Crippen molar-refractivity contribution in [3.05, 3.63) is 0 Å². The van der Waals surface area contributed by atoms with Crippen LogP contribution in [0.15, 0.2) is 0 Å². The van der Waals surface area contributed by atoms with Crippen molar-refractivity contribution in [1.82, 2.24) is 0 Å². The average Bonchev–Trinajstić information content (AvgIpc) is 2.70. The lowest BCUT2D eigenvalue weighted by Crippen LogP contribution is -2.19. The molecule has 0 amide bonds. The summed E-state index contributed by atoms with van der Waals surface area (Å²) < 4.78 is 10.5. The third-order valence-corrected chi connectivity index (χ3v) is 4.76. The van der Waals surface area contributed by atoms with Gasteiger partial charge in [0.25, 0.3) is 0 Å². The van der Waals surface area contributed by atoms with E-state index in [0.717, 1.165) is 11.5 Å². The van der Waals surface area contributed by atoms with Gasteiger partial charge in [-0.05, 0) is 12.3 Å². The highest BCUT2D eigenvalue weighted by molar-refractivity contribution is 6.47. The third kappa shape index (κ3) is 1.59. The first-order valence-corrected chi connectivity index (χ1v) is 5.50. The van der Waals surface area contributed by atoms with E-state index in [9.17, 15) is 0 Å². The summed E-state index contributed by atoms with van der Waals surface area (Å²) in [5, 5.41) is 0. The van der Waals surface area contributed by atoms with Crippen molar-refractivity contribution in [1.29, 1.82) is 0 Å². The molecule has 0 saturated heterocycles. The van der Waals surface area contributed by atoms with Crippen LogP contribution in [-0.4, -0.2) is 23.5 Å². The molecule has 2 unspecified atom stereocenters. The maximum absolute atomic E-state index is 5.27. The fourth-order valence-corrected chi connectivity index (χ4v) is 3.70. The highest BCUT2D eigenvalue weighted by Gasteiger charge is 2.44. The second-order valence-corrected chi connectivity index (χ2v) is 5.44. The predicted molar refractivity (Wildman–Crippen MR) is 43.3 cm³/mol. The van der Waals surface area contributed by atoms with Crippen LogP contribution in [0.25, 0.3) is 0 Å². The van der Waals surface area contributed by atoms with Gasteiger partial charge < -0.3 is 8.85 Å². The molecule has 3 heteroatoms. The maximum atomic E-state index is 5.27. The summed E-state index contributed by atoms with van der Waals surface area (Å²) in [7, 11) is 2.31. The molecule has 0 spiro atoms. The van der Waals surface area contributed by atoms with Gasteiger partial charge in [0.2, 0.25) is 0 Å². The van der Waals surface area contributed by atoms with E-state index in [1.165, 1.54) is 12.8 Å². The lowest BCUT2D eigenvalue weighted by Gasteiger charge is -2.09. The zero-order valence-electron chi connectivity index (χ0n) is 6.96. The maximum Gasteiger partial charge on any atom is 0.324 e. The predicted octanol–water partition coefficient (Wildman–Crippen LogP) is 1.30. The Balaban J connectivity index is 2.22. The van der Waals surface area contributed by atoms with Crippen LogP contribution in [0, 0.1) is 5.92 Å². The highest BCUT2D eigenvalue weighted by Crippen LogP contribution is 2.49. The number of hydrogen-bond acceptors (Lipinski definition) is 2. The Bertz CT molecular complexity index is 104. The van der Waals surface area contributed by atoms with Crippen molar-refractivity contribution in [3.63, 3.8) is 0 Å². The van der Waals surface area contributed by atoms with Crippen LogP contribution in [0.1, 0.15) is 19.8 Å². The van der Waals surface area contributed by atoms with E-state index >= 15 is 0 Å². The summed E-state index contributed by atoms with van der Waals surface area (Å²) in [5.41, 5.74) is 0.806. The molecule has 1 aliphatic rings. The normalized spacial score (nSPS) is 31.2. The van der Waals surface area contributed by atoms with Gasteiger partial charge in [0.15, 0.2) is 0 Å². The molecule has 0 aromatic rings. The minimum absolute atomic E-state index is 0.806. The molecule has 1 fully saturated rings. The molecule has 0 N–H and O–H groups in total. The van der Waals surface area contributed by atoms with Gasteiger partial charge in [0, 0.05) is 19.8 Å². The van der Waals surface area contributed by atoms with E-state index in [2.05, 4.69) is 6.92 Å². The minimum Gasteiger partial charge on any atom is -0.400 e. The molecule has 60 valence electrons. The van der Waals surface area contributed by atoms with Crippen LogP contribution in [0.2, 0.25) is 5.54 Å². The first-order chi connectivity index (χ1) is 4.83. The number of rotatable bonds is 4. The molecule has 0 heterocycles. The zero-order chi connectivity index (χ0) is 7.56. The van der Waals surface area contributed by atoms with E-state index < -0.39 is 9.28 Å². The van der Waals surface area contributed by atoms with E-state index in [1.807, 2.05) is 0 Å². The van der Waals surface area contributed by atoms with Crippen LogP contribution in [0.4, 0.5) is 0 Å². The smallest absolute Gasteiger partial charge is 0.324 e. The Labute approximate surface area is 64.4 Å². The Kier molecular flexibility index (Phi) is 2.89. The van der Waals surface area contributed by atoms with Crippen LogP contribution in [0.5, 0.6) is 0 Å². The van der Waals surface area contributed by atoms with Gasteiger partial charge in [-0.25, -0.2) is 0 Å². The molecule has 2 nitrogen and oxygen atoms in total. The quantitative estimate of drug-likeness (QED) is 0.577. The topological polar surface area (TPSA) is 18.5 Å². The van der Waals surface area contributed by atoms with Crippen molar-refractivity contribution in [2.75, 3.05) is 14.2 Å². The molecule has 0 aliphatic heterocycles. The van der Waals surface area contributed by atoms with Gasteiger partial charge in [-0.15, -0.1) is 0 Å². The van der Waals surface area contributed by atoms with Gasteiger partial charge in [0.1, 0.15) is 0 Å². The van der Waals surface area contributed by atoms with E-state index in [1.54, 1.807) is 14.2 Å². The van der Waals surface area contributed by atoms with Gasteiger partial charge >= 0.3 is 9.28 Å². The van der Waals surface area contributed by atoms with Crippen molar-refractivity contribution in [2.45, 2.75) is 25.3 Å². The lowest BCUT2D eigenvalue weighted by molar-refractivity contribution is 0.274. The molecular formula is C7H16O2Si. The second-order valence-electron chi connectivity index (χ2n) is 2.91. The summed E-state index contributed by atoms with van der Waals surface area (Å²) in [6.45, 7) is 2.24. The zero-order valence-corrected chi connectivity index (χ0v) is 8.12. The Morgan fingerprint density at radius 1 is 1.40 bits per heavy atom. The number of hydrogen-bond donors (Lipinski definition) is 0. The highest BCUT2D eigenvalue weighted by atomic mass is 28.3. The van der Waals surface area contributed by atoms with Gasteiger partial charge in [0.05, 0.1) is 0 Å². The van der Waals surface area contributed by atoms with Crippen molar-refractivity contribution < 1.29 is 8.85 Å². The van der Waals surface area contributed by atoms with Gasteiger partial charge in [-0.1, -0.05) is 13.3 Å². The Morgan fingerprint density at radius 2 is 2.00 bits per heavy atom. The molecule has 1 rings (SSSR count). The molecule has 2 atom stereocenters. The minimum atomic E-state index is -1.23. The van der Waals surface area contributed by atoms with Crippen molar-refractivity contribution in [3.8, 4) is 0 Å². The largest absolute Gasteiger partial charge is 0.400 e. The summed E-state index contributed by atoms with van der Waals surface area (Å²) in [6, 6.07) is 0. The molecule has 0 bridgehead atoms. The van der Waals surface area contributed by atoms with E-state index in [-0.39, 0.29) is 0 Å². The van der Waals surface area contributed by atoms with E-state index in [0.29, 0.717) is 0 Å². The lowest BCUT2D eigenvalue weighted by atomic mass is 10.3.